The van der Waals surface area contributed by atoms with Gasteiger partial charge < -0.3 is 5.11 Å². The lowest BCUT2D eigenvalue weighted by Gasteiger charge is -2.06. The summed E-state index contributed by atoms with van der Waals surface area (Å²) in [5, 5.41) is 17.5. The van der Waals surface area contributed by atoms with Gasteiger partial charge in [0.15, 0.2) is 0 Å². The van der Waals surface area contributed by atoms with E-state index in [1.807, 2.05) is 18.2 Å². The lowest BCUT2D eigenvalue weighted by Crippen LogP contribution is -2.09. The second-order valence-corrected chi connectivity index (χ2v) is 4.97. The summed E-state index contributed by atoms with van der Waals surface area (Å²) < 4.78 is 0.585. The van der Waals surface area contributed by atoms with Crippen molar-refractivity contribution in [1.29, 1.82) is 0 Å². The third-order valence-corrected chi connectivity index (χ3v) is 3.55. The predicted octanol–water partition coefficient (Wildman–Crippen LogP) is 3.06. The van der Waals surface area contributed by atoms with Crippen LogP contribution in [0.1, 0.15) is 0 Å². The fourth-order valence-electron chi connectivity index (χ4n) is 1.99. The number of hydrogen-bond donors (Lipinski definition) is 2. The Morgan fingerprint density at radius 3 is 2.58 bits per heavy atom. The second-order valence-electron chi connectivity index (χ2n) is 4.11. The van der Waals surface area contributed by atoms with Gasteiger partial charge in [0.05, 0.1) is 15.6 Å². The van der Waals surface area contributed by atoms with Crippen molar-refractivity contribution in [2.45, 2.75) is 0 Å². The first kappa shape index (κ1) is 11.9. The topological polar surface area (TPSA) is 66.0 Å². The molecule has 0 amide bonds. The van der Waals surface area contributed by atoms with Crippen LogP contribution >= 0.6 is 15.9 Å². The number of halogens is 1. The normalized spacial score (nSPS) is 10.8. The summed E-state index contributed by atoms with van der Waals surface area (Å²) in [6.45, 7) is 0. The number of aromatic hydroxyl groups is 1. The highest BCUT2D eigenvalue weighted by atomic mass is 79.9. The molecule has 1 aromatic heterocycles. The highest BCUT2D eigenvalue weighted by Gasteiger charge is 2.09. The molecule has 94 valence electrons. The van der Waals surface area contributed by atoms with E-state index in [0.717, 1.165) is 10.9 Å². The summed E-state index contributed by atoms with van der Waals surface area (Å²) in [5.74, 6) is 0.164. The minimum atomic E-state index is -0.211. The number of hydrogen-bond acceptors (Lipinski definition) is 3. The number of benzene rings is 2. The summed E-state index contributed by atoms with van der Waals surface area (Å²) in [5.41, 5.74) is 1.28. The number of rotatable bonds is 1. The number of H-pyrrole nitrogens is 1. The van der Waals surface area contributed by atoms with Crippen LogP contribution in [-0.2, 0) is 0 Å². The van der Waals surface area contributed by atoms with E-state index in [1.165, 1.54) is 0 Å². The Bertz CT molecular complexity index is 827. The molecule has 2 aromatic carbocycles. The summed E-state index contributed by atoms with van der Waals surface area (Å²) in [6, 6.07) is 12.4. The molecular formula is C14H9BrN2O2. The highest BCUT2D eigenvalue weighted by Crippen LogP contribution is 2.31. The van der Waals surface area contributed by atoms with Crippen molar-refractivity contribution in [2.75, 3.05) is 0 Å². The van der Waals surface area contributed by atoms with Gasteiger partial charge in [-0.25, -0.2) is 5.10 Å². The van der Waals surface area contributed by atoms with Gasteiger partial charge in [-0.3, -0.25) is 4.79 Å². The molecule has 1 heterocycles. The maximum Gasteiger partial charge on any atom is 0.272 e. The molecule has 0 saturated carbocycles. The van der Waals surface area contributed by atoms with E-state index in [9.17, 15) is 9.90 Å². The molecule has 0 spiro atoms. The summed E-state index contributed by atoms with van der Waals surface area (Å²) in [4.78, 5) is 11.7. The number of nitrogens with one attached hydrogen (secondary N) is 1. The minimum absolute atomic E-state index is 0.164. The van der Waals surface area contributed by atoms with E-state index in [1.54, 1.807) is 24.3 Å². The van der Waals surface area contributed by atoms with Gasteiger partial charge in [-0.15, -0.1) is 0 Å². The summed E-state index contributed by atoms with van der Waals surface area (Å²) >= 11 is 3.27. The van der Waals surface area contributed by atoms with Crippen molar-refractivity contribution in [3.05, 3.63) is 57.3 Å². The molecule has 0 saturated heterocycles. The van der Waals surface area contributed by atoms with Gasteiger partial charge in [-0.05, 0) is 40.2 Å². The number of phenolic OH excluding ortho intramolecular Hbond substituents is 1. The maximum absolute atomic E-state index is 11.7. The molecule has 0 aliphatic rings. The van der Waals surface area contributed by atoms with Crippen LogP contribution in [0.2, 0.25) is 0 Å². The lowest BCUT2D eigenvalue weighted by atomic mass is 10.1. The number of phenols is 1. The van der Waals surface area contributed by atoms with Crippen LogP contribution in [0.25, 0.3) is 22.0 Å². The molecule has 3 aromatic rings. The Morgan fingerprint density at radius 2 is 1.84 bits per heavy atom. The molecule has 0 aliphatic heterocycles. The molecule has 0 unspecified atom stereocenters. The van der Waals surface area contributed by atoms with Crippen LogP contribution in [0, 0.1) is 0 Å². The van der Waals surface area contributed by atoms with Crippen molar-refractivity contribution >= 4 is 26.7 Å². The van der Waals surface area contributed by atoms with Gasteiger partial charge in [0.1, 0.15) is 5.75 Å². The average molecular weight is 317 g/mol. The van der Waals surface area contributed by atoms with Crippen LogP contribution in [0.15, 0.2) is 51.7 Å². The van der Waals surface area contributed by atoms with E-state index in [-0.39, 0.29) is 11.3 Å². The monoisotopic (exact) mass is 316 g/mol. The zero-order valence-corrected chi connectivity index (χ0v) is 11.3. The van der Waals surface area contributed by atoms with E-state index in [2.05, 4.69) is 26.1 Å². The molecule has 0 aliphatic carbocycles. The fraction of sp³-hybridized carbons (Fsp3) is 0. The summed E-state index contributed by atoms with van der Waals surface area (Å²) in [6.07, 6.45) is 0. The van der Waals surface area contributed by atoms with Gasteiger partial charge in [0.25, 0.3) is 5.56 Å². The van der Waals surface area contributed by atoms with Gasteiger partial charge in [0.2, 0.25) is 0 Å². The van der Waals surface area contributed by atoms with Gasteiger partial charge in [-0.2, -0.15) is 5.10 Å². The van der Waals surface area contributed by atoms with Crippen LogP contribution in [-0.4, -0.2) is 15.3 Å². The molecule has 4 nitrogen and oxygen atoms in total. The molecule has 2 N–H and O–H groups in total. The first-order valence-electron chi connectivity index (χ1n) is 5.63. The SMILES string of the molecule is O=c1[nH]nc(-c2ccc(O)c(Br)c2)c2ccccc12. The molecule has 0 radical (unpaired) electrons. The second kappa shape index (κ2) is 4.51. The fourth-order valence-corrected chi connectivity index (χ4v) is 2.37. The molecule has 3 rings (SSSR count). The van der Waals surface area contributed by atoms with E-state index < -0.39 is 0 Å². The zero-order chi connectivity index (χ0) is 13.4. The maximum atomic E-state index is 11.7. The van der Waals surface area contributed by atoms with Crippen molar-refractivity contribution in [1.82, 2.24) is 10.2 Å². The van der Waals surface area contributed by atoms with Crippen LogP contribution in [0.5, 0.6) is 5.75 Å². The van der Waals surface area contributed by atoms with E-state index in [0.29, 0.717) is 15.6 Å². The van der Waals surface area contributed by atoms with Gasteiger partial charge >= 0.3 is 0 Å². The first-order chi connectivity index (χ1) is 9.16. The van der Waals surface area contributed by atoms with Gasteiger partial charge in [-0.1, -0.05) is 18.2 Å². The average Bonchev–Trinajstić information content (AvgIpc) is 2.43. The van der Waals surface area contributed by atoms with Crippen LogP contribution in [0.4, 0.5) is 0 Å². The number of nitrogens with zero attached hydrogens (tertiary/aromatic N) is 1. The Kier molecular flexibility index (Phi) is 2.83. The van der Waals surface area contributed by atoms with E-state index in [4.69, 9.17) is 0 Å². The van der Waals surface area contributed by atoms with Crippen molar-refractivity contribution in [2.24, 2.45) is 0 Å². The smallest absolute Gasteiger partial charge is 0.272 e. The number of aromatic nitrogens is 2. The molecule has 19 heavy (non-hydrogen) atoms. The minimum Gasteiger partial charge on any atom is -0.507 e. The third-order valence-electron chi connectivity index (χ3n) is 2.92. The molecule has 0 fully saturated rings. The Morgan fingerprint density at radius 1 is 1.11 bits per heavy atom. The Labute approximate surface area is 116 Å². The standard InChI is InChI=1S/C14H9BrN2O2/c15-11-7-8(5-6-12(11)18)13-9-3-1-2-4-10(9)14(19)17-16-13/h1-7,18H,(H,17,19). The first-order valence-corrected chi connectivity index (χ1v) is 6.42. The predicted molar refractivity (Wildman–Crippen MR) is 77.2 cm³/mol. The number of aromatic amines is 1. The summed E-state index contributed by atoms with van der Waals surface area (Å²) in [7, 11) is 0. The quantitative estimate of drug-likeness (QED) is 0.725. The molecular weight excluding hydrogens is 308 g/mol. The Balaban J connectivity index is 2.34. The van der Waals surface area contributed by atoms with E-state index >= 15 is 0 Å². The van der Waals surface area contributed by atoms with Crippen LogP contribution in [0.3, 0.4) is 0 Å². The zero-order valence-electron chi connectivity index (χ0n) is 9.72. The highest BCUT2D eigenvalue weighted by molar-refractivity contribution is 9.10. The van der Waals surface area contributed by atoms with Crippen LogP contribution < -0.4 is 5.56 Å². The van der Waals surface area contributed by atoms with Gasteiger partial charge in [0, 0.05) is 10.9 Å². The largest absolute Gasteiger partial charge is 0.507 e. The lowest BCUT2D eigenvalue weighted by molar-refractivity contribution is 0.472. The van der Waals surface area contributed by atoms with Crippen molar-refractivity contribution < 1.29 is 5.11 Å². The third kappa shape index (κ3) is 2.02. The number of fused-ring (bicyclic) bond motifs is 1. The van der Waals surface area contributed by atoms with Crippen molar-refractivity contribution in [3.63, 3.8) is 0 Å². The van der Waals surface area contributed by atoms with Crippen molar-refractivity contribution in [3.8, 4) is 17.0 Å². The molecule has 0 bridgehead atoms. The molecule has 0 atom stereocenters. The Hall–Kier alpha value is -2.14. The molecule has 5 heteroatoms.